The van der Waals surface area contributed by atoms with Crippen LogP contribution in [0, 0.1) is 20.2 Å². The van der Waals surface area contributed by atoms with E-state index in [1.807, 2.05) is 0 Å². The molecule has 0 aliphatic carbocycles. The molecule has 0 aromatic carbocycles. The third-order valence-corrected chi connectivity index (χ3v) is 1.91. The van der Waals surface area contributed by atoms with Gasteiger partial charge in [0.15, 0.2) is 0 Å². The Balaban J connectivity index is -0.000000314. The maximum absolute atomic E-state index is 8.00. The molecule has 0 bridgehead atoms. The van der Waals surface area contributed by atoms with Gasteiger partial charge in [0, 0.05) is 69.1 Å². The fourth-order valence-corrected chi connectivity index (χ4v) is 1.21. The molecule has 117 valence electrons. The van der Waals surface area contributed by atoms with E-state index in [9.17, 15) is 0 Å². The van der Waals surface area contributed by atoms with Crippen molar-refractivity contribution in [2.45, 2.75) is 0 Å². The summed E-state index contributed by atoms with van der Waals surface area (Å²) in [4.78, 5) is 16.0. The Hall–Kier alpha value is -0.854. The van der Waals surface area contributed by atoms with Gasteiger partial charge in [-0.05, 0) is 0 Å². The van der Waals surface area contributed by atoms with Gasteiger partial charge in [-0.25, -0.2) is 0 Å². The van der Waals surface area contributed by atoms with Crippen LogP contribution in [-0.4, -0.2) is 52.4 Å². The van der Waals surface area contributed by atoms with Crippen molar-refractivity contribution < 1.29 is 16.8 Å². The molecule has 1 rings (SSSR count). The van der Waals surface area contributed by atoms with E-state index in [1.54, 1.807) is 0 Å². The van der Waals surface area contributed by atoms with Crippen LogP contribution in [0.1, 0.15) is 0 Å². The quantitative estimate of drug-likeness (QED) is 0.322. The van der Waals surface area contributed by atoms with Crippen LogP contribution in [0.4, 0.5) is 0 Å². The fourth-order valence-electron chi connectivity index (χ4n) is 1.21. The average molecular weight is 323 g/mol. The molecule has 0 amide bonds. The van der Waals surface area contributed by atoms with Crippen molar-refractivity contribution in [3.8, 4) is 0 Å². The summed E-state index contributed by atoms with van der Waals surface area (Å²) in [5.74, 6) is 0. The predicted molar refractivity (Wildman–Crippen MR) is 69.8 cm³/mol. The minimum atomic E-state index is 0. The first-order valence-corrected chi connectivity index (χ1v) is 5.56. The van der Waals surface area contributed by atoms with E-state index in [0.717, 1.165) is 63.0 Å². The van der Waals surface area contributed by atoms with Crippen LogP contribution < -0.4 is 21.3 Å². The Kier molecular flexibility index (Phi) is 31.7. The summed E-state index contributed by atoms with van der Waals surface area (Å²) in [5.41, 5.74) is 0. The molecule has 0 atom stereocenters. The zero-order valence-electron chi connectivity index (χ0n) is 10.5. The summed E-state index contributed by atoms with van der Waals surface area (Å²) in [5, 5.41) is 31.4. The summed E-state index contributed by atoms with van der Waals surface area (Å²) < 4.78 is 0. The molecule has 11 heteroatoms. The topological polar surface area (TPSA) is 153 Å². The summed E-state index contributed by atoms with van der Waals surface area (Å²) >= 11 is 0. The molecule has 1 fully saturated rings. The standard InChI is InChI=1S/C8H20N4.Co.2HNO2/c1-2-10-5-6-12-8-7-11-4-3-9-1;;2*2-1-3/h9-12H,1-8H2;;2*(H,2,3)/p-2. The van der Waals surface area contributed by atoms with Gasteiger partial charge in [-0.2, -0.15) is 0 Å². The molecule has 1 saturated heterocycles. The Labute approximate surface area is 122 Å². The van der Waals surface area contributed by atoms with Crippen molar-refractivity contribution in [1.82, 2.24) is 21.3 Å². The van der Waals surface area contributed by atoms with Crippen LogP contribution in [0.5, 0.6) is 0 Å². The van der Waals surface area contributed by atoms with Gasteiger partial charge in [0.2, 0.25) is 0 Å². The van der Waals surface area contributed by atoms with Gasteiger partial charge in [-0.3, -0.25) is 0 Å². The van der Waals surface area contributed by atoms with Gasteiger partial charge in [-0.1, -0.05) is 0 Å². The molecule has 0 spiro atoms. The molecule has 1 aliphatic rings. The second-order valence-electron chi connectivity index (χ2n) is 3.15. The molecule has 0 aromatic heterocycles. The van der Waals surface area contributed by atoms with Crippen molar-refractivity contribution in [2.75, 3.05) is 52.4 Å². The molecule has 4 N–H and O–H groups in total. The van der Waals surface area contributed by atoms with Gasteiger partial charge < -0.3 is 41.5 Å². The van der Waals surface area contributed by atoms with Crippen LogP contribution in [0.25, 0.3) is 0 Å². The number of nitrogens with zero attached hydrogens (tertiary/aromatic N) is 2. The van der Waals surface area contributed by atoms with Crippen molar-refractivity contribution in [2.24, 2.45) is 10.7 Å². The van der Waals surface area contributed by atoms with Gasteiger partial charge in [0.1, 0.15) is 0 Å². The van der Waals surface area contributed by atoms with E-state index in [2.05, 4.69) is 21.3 Å². The number of hydrogen-bond donors (Lipinski definition) is 4. The average Bonchev–Trinajstić information content (AvgIpc) is 2.31. The van der Waals surface area contributed by atoms with Gasteiger partial charge in [0.05, 0.1) is 0 Å². The first-order valence-electron chi connectivity index (χ1n) is 5.56. The van der Waals surface area contributed by atoms with Gasteiger partial charge in [-0.15, -0.1) is 10.7 Å². The van der Waals surface area contributed by atoms with Crippen LogP contribution in [0.3, 0.4) is 0 Å². The Morgan fingerprint density at radius 3 is 0.789 bits per heavy atom. The third-order valence-electron chi connectivity index (χ3n) is 1.91. The number of hydrogen-bond acceptors (Lipinski definition) is 10. The van der Waals surface area contributed by atoms with Crippen LogP contribution in [0.15, 0.2) is 10.7 Å². The number of nitrogens with one attached hydrogen (secondary N) is 4. The second kappa shape index (κ2) is 25.9. The van der Waals surface area contributed by atoms with Crippen molar-refractivity contribution >= 4 is 0 Å². The monoisotopic (exact) mass is 323 g/mol. The summed E-state index contributed by atoms with van der Waals surface area (Å²) in [6.45, 7) is 8.57. The Morgan fingerprint density at radius 1 is 0.579 bits per heavy atom. The van der Waals surface area contributed by atoms with Crippen molar-refractivity contribution in [1.29, 1.82) is 0 Å². The van der Waals surface area contributed by atoms with E-state index >= 15 is 0 Å². The number of rotatable bonds is 0. The van der Waals surface area contributed by atoms with Gasteiger partial charge >= 0.3 is 0 Å². The Morgan fingerprint density at radius 2 is 0.684 bits per heavy atom. The van der Waals surface area contributed by atoms with Crippen LogP contribution in [-0.2, 0) is 16.8 Å². The molecule has 10 nitrogen and oxygen atoms in total. The maximum Gasteiger partial charge on any atom is 0.00772 e. The molecule has 19 heavy (non-hydrogen) atoms. The first kappa shape index (κ1) is 23.3. The van der Waals surface area contributed by atoms with Crippen molar-refractivity contribution in [3.05, 3.63) is 20.2 Å². The van der Waals surface area contributed by atoms with Gasteiger partial charge in [0.25, 0.3) is 0 Å². The summed E-state index contributed by atoms with van der Waals surface area (Å²) in [6.07, 6.45) is 0. The largest absolute Gasteiger partial charge is 0.444 e. The zero-order chi connectivity index (χ0) is 13.9. The third kappa shape index (κ3) is 31.7. The van der Waals surface area contributed by atoms with E-state index in [0.29, 0.717) is 0 Å². The second-order valence-corrected chi connectivity index (χ2v) is 3.15. The SMILES string of the molecule is C1CNCCNCCNCCN1.O=N[O-].O=N[O-].[Co]. The van der Waals surface area contributed by atoms with Crippen molar-refractivity contribution in [3.63, 3.8) is 0 Å². The zero-order valence-corrected chi connectivity index (χ0v) is 11.6. The van der Waals surface area contributed by atoms with Crippen LogP contribution >= 0.6 is 0 Å². The molecule has 1 radical (unpaired) electrons. The molecule has 1 aliphatic heterocycles. The summed E-state index contributed by atoms with van der Waals surface area (Å²) in [6, 6.07) is 0. The molecule has 0 aromatic rings. The Bertz CT molecular complexity index is 130. The van der Waals surface area contributed by atoms with Crippen LogP contribution in [0.2, 0.25) is 0 Å². The first-order chi connectivity index (χ1) is 8.83. The van der Waals surface area contributed by atoms with E-state index in [1.165, 1.54) is 0 Å². The molecule has 0 unspecified atom stereocenters. The molecular formula is C8H20CoN6O4-2. The fraction of sp³-hybridized carbons (Fsp3) is 1.00. The molecule has 0 saturated carbocycles. The van der Waals surface area contributed by atoms with E-state index < -0.39 is 0 Å². The molecular weight excluding hydrogens is 303 g/mol. The maximum atomic E-state index is 8.00. The minimum absolute atomic E-state index is 0. The summed E-state index contributed by atoms with van der Waals surface area (Å²) in [7, 11) is 0. The predicted octanol–water partition coefficient (Wildman–Crippen LogP) is -1.14. The smallest absolute Gasteiger partial charge is 0.00772 e. The molecule has 1 heterocycles. The minimum Gasteiger partial charge on any atom is -0.444 e. The van der Waals surface area contributed by atoms with E-state index in [4.69, 9.17) is 20.2 Å². The van der Waals surface area contributed by atoms with E-state index in [-0.39, 0.29) is 16.8 Å². The normalized spacial score (nSPS) is 16.4.